The smallest absolute Gasteiger partial charge is 0.223 e. The summed E-state index contributed by atoms with van der Waals surface area (Å²) in [5.41, 5.74) is 0.912. The Bertz CT molecular complexity index is 579. The van der Waals surface area contributed by atoms with E-state index in [0.717, 1.165) is 0 Å². The van der Waals surface area contributed by atoms with Gasteiger partial charge in [0, 0.05) is 23.5 Å². The number of aromatic nitrogens is 2. The van der Waals surface area contributed by atoms with Crippen molar-refractivity contribution in [3.05, 3.63) is 35.7 Å². The van der Waals surface area contributed by atoms with Gasteiger partial charge in [0.25, 0.3) is 0 Å². The first kappa shape index (κ1) is 12.5. The van der Waals surface area contributed by atoms with Gasteiger partial charge in [0.2, 0.25) is 11.7 Å². The Labute approximate surface area is 106 Å². The van der Waals surface area contributed by atoms with Crippen LogP contribution in [0.3, 0.4) is 0 Å². The third kappa shape index (κ3) is 2.32. The van der Waals surface area contributed by atoms with Crippen LogP contribution in [0.25, 0.3) is 11.4 Å². The van der Waals surface area contributed by atoms with Crippen molar-refractivity contribution in [1.82, 2.24) is 10.1 Å². The summed E-state index contributed by atoms with van der Waals surface area (Å²) in [5, 5.41) is 3.87. The van der Waals surface area contributed by atoms with E-state index in [0.29, 0.717) is 22.8 Å². The van der Waals surface area contributed by atoms with E-state index >= 15 is 0 Å². The molecule has 0 N–H and O–H groups in total. The number of benzene rings is 1. The molecule has 18 heavy (non-hydrogen) atoms. The van der Waals surface area contributed by atoms with Crippen molar-refractivity contribution in [2.24, 2.45) is 5.41 Å². The van der Waals surface area contributed by atoms with Gasteiger partial charge >= 0.3 is 0 Å². The van der Waals surface area contributed by atoms with Crippen LogP contribution in [0.15, 0.2) is 28.8 Å². The van der Waals surface area contributed by atoms with E-state index in [-0.39, 0.29) is 5.78 Å². The molecule has 0 aliphatic heterocycles. The number of hydrogen-bond donors (Lipinski definition) is 0. The van der Waals surface area contributed by atoms with Gasteiger partial charge in [0.15, 0.2) is 5.78 Å². The molecule has 4 nitrogen and oxygen atoms in total. The summed E-state index contributed by atoms with van der Waals surface area (Å²) in [5.74, 6) is 1.02. The molecule has 0 saturated carbocycles. The predicted octanol–water partition coefficient (Wildman–Crippen LogP) is 3.27. The van der Waals surface area contributed by atoms with E-state index in [4.69, 9.17) is 4.52 Å². The number of carbonyl (C=O) groups excluding carboxylic acids is 1. The topological polar surface area (TPSA) is 56.0 Å². The third-order valence-electron chi connectivity index (χ3n) is 2.62. The first-order chi connectivity index (χ1) is 8.39. The van der Waals surface area contributed by atoms with E-state index in [9.17, 15) is 4.79 Å². The van der Waals surface area contributed by atoms with Gasteiger partial charge in [-0.3, -0.25) is 4.79 Å². The number of rotatable bonds is 2. The number of Topliss-reactive ketones (excluding diaryl/α,β-unsaturated/α-hetero) is 1. The number of nitrogens with zero attached hydrogens (tertiary/aromatic N) is 2. The summed E-state index contributed by atoms with van der Waals surface area (Å²) in [6, 6.07) is 7.34. The first-order valence-electron chi connectivity index (χ1n) is 5.84. The van der Waals surface area contributed by atoms with Crippen molar-refractivity contribution in [3.63, 3.8) is 0 Å². The molecular weight excluding hydrogens is 228 g/mol. The zero-order valence-electron chi connectivity index (χ0n) is 11.0. The molecule has 0 amide bonds. The van der Waals surface area contributed by atoms with Gasteiger partial charge in [-0.2, -0.15) is 4.98 Å². The Balaban J connectivity index is 2.53. The second-order valence-corrected chi connectivity index (χ2v) is 5.26. The minimum Gasteiger partial charge on any atom is -0.339 e. The van der Waals surface area contributed by atoms with Gasteiger partial charge in [-0.25, -0.2) is 0 Å². The lowest BCUT2D eigenvalue weighted by atomic mass is 9.84. The van der Waals surface area contributed by atoms with Gasteiger partial charge in [-0.1, -0.05) is 50.2 Å². The predicted molar refractivity (Wildman–Crippen MR) is 68.3 cm³/mol. The minimum absolute atomic E-state index is 0.0700. The average molecular weight is 244 g/mol. The quantitative estimate of drug-likeness (QED) is 0.761. The highest BCUT2D eigenvalue weighted by Crippen LogP contribution is 2.27. The highest BCUT2D eigenvalue weighted by molar-refractivity contribution is 6.04. The molecule has 4 heteroatoms. The molecule has 1 aromatic carbocycles. The summed E-state index contributed by atoms with van der Waals surface area (Å²) >= 11 is 0. The van der Waals surface area contributed by atoms with E-state index in [1.165, 1.54) is 0 Å². The number of carbonyl (C=O) groups is 1. The standard InChI is InChI=1S/C14H16N2O2/c1-9-15-13(16-18-9)11-8-6-5-7-10(11)12(17)14(2,3)4/h5-8H,1-4H3. The van der Waals surface area contributed by atoms with E-state index in [1.54, 1.807) is 13.0 Å². The van der Waals surface area contributed by atoms with Crippen molar-refractivity contribution >= 4 is 5.78 Å². The molecule has 0 aliphatic rings. The second-order valence-electron chi connectivity index (χ2n) is 5.26. The fraction of sp³-hybridized carbons (Fsp3) is 0.357. The maximum Gasteiger partial charge on any atom is 0.223 e. The van der Waals surface area contributed by atoms with Crippen LogP contribution in [0.5, 0.6) is 0 Å². The van der Waals surface area contributed by atoms with Crippen molar-refractivity contribution in [2.45, 2.75) is 27.7 Å². The Morgan fingerprint density at radius 1 is 1.22 bits per heavy atom. The van der Waals surface area contributed by atoms with E-state index in [1.807, 2.05) is 39.0 Å². The molecule has 1 heterocycles. The molecule has 0 unspecified atom stereocenters. The van der Waals surface area contributed by atoms with Crippen molar-refractivity contribution < 1.29 is 9.32 Å². The summed E-state index contributed by atoms with van der Waals surface area (Å²) in [6.07, 6.45) is 0. The summed E-state index contributed by atoms with van der Waals surface area (Å²) < 4.78 is 4.97. The highest BCUT2D eigenvalue weighted by atomic mass is 16.5. The Kier molecular flexibility index (Phi) is 3.03. The number of ketones is 1. The van der Waals surface area contributed by atoms with Crippen LogP contribution in [0.1, 0.15) is 37.0 Å². The van der Waals surface area contributed by atoms with Crippen LogP contribution < -0.4 is 0 Å². The summed E-state index contributed by atoms with van der Waals surface area (Å²) in [7, 11) is 0. The maximum atomic E-state index is 12.4. The monoisotopic (exact) mass is 244 g/mol. The molecule has 0 aliphatic carbocycles. The molecule has 0 fully saturated rings. The molecule has 1 aromatic heterocycles. The van der Waals surface area contributed by atoms with Crippen molar-refractivity contribution in [2.75, 3.05) is 0 Å². The number of hydrogen-bond acceptors (Lipinski definition) is 4. The molecule has 0 bridgehead atoms. The zero-order valence-corrected chi connectivity index (χ0v) is 11.0. The SMILES string of the molecule is Cc1nc(-c2ccccc2C(=O)C(C)(C)C)no1. The van der Waals surface area contributed by atoms with Crippen molar-refractivity contribution in [1.29, 1.82) is 0 Å². The van der Waals surface area contributed by atoms with Gasteiger partial charge in [-0.15, -0.1) is 0 Å². The van der Waals surface area contributed by atoms with Gasteiger partial charge in [-0.05, 0) is 0 Å². The molecule has 0 atom stereocenters. The molecule has 2 rings (SSSR count). The lowest BCUT2D eigenvalue weighted by Gasteiger charge is -2.17. The van der Waals surface area contributed by atoms with Crippen LogP contribution >= 0.6 is 0 Å². The molecule has 0 radical (unpaired) electrons. The fourth-order valence-electron chi connectivity index (χ4n) is 1.69. The van der Waals surface area contributed by atoms with Crippen LogP contribution in [-0.2, 0) is 0 Å². The van der Waals surface area contributed by atoms with Crippen LogP contribution in [0.4, 0.5) is 0 Å². The van der Waals surface area contributed by atoms with Crippen LogP contribution in [-0.4, -0.2) is 15.9 Å². The van der Waals surface area contributed by atoms with Crippen LogP contribution in [0.2, 0.25) is 0 Å². The normalized spacial score (nSPS) is 11.6. The van der Waals surface area contributed by atoms with Gasteiger partial charge < -0.3 is 4.52 Å². The Morgan fingerprint density at radius 2 is 1.89 bits per heavy atom. The second kappa shape index (κ2) is 4.37. The average Bonchev–Trinajstić information content (AvgIpc) is 2.73. The van der Waals surface area contributed by atoms with Crippen LogP contribution in [0, 0.1) is 12.3 Å². The first-order valence-corrected chi connectivity index (χ1v) is 5.84. The van der Waals surface area contributed by atoms with Crippen molar-refractivity contribution in [3.8, 4) is 11.4 Å². The zero-order chi connectivity index (χ0) is 13.3. The van der Waals surface area contributed by atoms with E-state index in [2.05, 4.69) is 10.1 Å². The fourth-order valence-corrected chi connectivity index (χ4v) is 1.69. The Morgan fingerprint density at radius 3 is 2.44 bits per heavy atom. The van der Waals surface area contributed by atoms with E-state index < -0.39 is 5.41 Å². The summed E-state index contributed by atoms with van der Waals surface area (Å²) in [6.45, 7) is 7.42. The molecule has 2 aromatic rings. The molecular formula is C14H16N2O2. The minimum atomic E-state index is -0.436. The lowest BCUT2D eigenvalue weighted by Crippen LogP contribution is -2.21. The molecule has 0 spiro atoms. The van der Waals surface area contributed by atoms with Gasteiger partial charge in [0.1, 0.15) is 0 Å². The molecule has 0 saturated heterocycles. The maximum absolute atomic E-state index is 12.4. The molecule has 94 valence electrons. The largest absolute Gasteiger partial charge is 0.339 e. The van der Waals surface area contributed by atoms with Gasteiger partial charge in [0.05, 0.1) is 0 Å². The Hall–Kier alpha value is -1.97. The highest BCUT2D eigenvalue weighted by Gasteiger charge is 2.26. The number of aryl methyl sites for hydroxylation is 1. The third-order valence-corrected chi connectivity index (χ3v) is 2.62. The summed E-state index contributed by atoms with van der Waals surface area (Å²) in [4.78, 5) is 16.6. The lowest BCUT2D eigenvalue weighted by molar-refractivity contribution is 0.0859.